The SMILES string of the molecule is C=C(C)C(=O)n1nc2c(c1-c1ccccc1)[C@H](C)CC[C@H]2C(C)C. The van der Waals surface area contributed by atoms with Crippen molar-refractivity contribution in [3.63, 3.8) is 0 Å². The highest BCUT2D eigenvalue weighted by Gasteiger charge is 2.35. The molecule has 0 radical (unpaired) electrons. The zero-order valence-corrected chi connectivity index (χ0v) is 15.0. The second kappa shape index (κ2) is 6.39. The van der Waals surface area contributed by atoms with Gasteiger partial charge in [0.1, 0.15) is 0 Å². The summed E-state index contributed by atoms with van der Waals surface area (Å²) in [5.74, 6) is 1.23. The fourth-order valence-corrected chi connectivity index (χ4v) is 3.77. The van der Waals surface area contributed by atoms with Crippen LogP contribution in [0.5, 0.6) is 0 Å². The summed E-state index contributed by atoms with van der Waals surface area (Å²) < 4.78 is 1.60. The molecule has 0 aliphatic heterocycles. The van der Waals surface area contributed by atoms with E-state index in [1.165, 1.54) is 5.56 Å². The minimum atomic E-state index is -0.113. The Morgan fingerprint density at radius 3 is 2.50 bits per heavy atom. The summed E-state index contributed by atoms with van der Waals surface area (Å²) >= 11 is 0. The number of nitrogens with zero attached hydrogens (tertiary/aromatic N) is 2. The maximum atomic E-state index is 12.7. The van der Waals surface area contributed by atoms with Crippen LogP contribution in [0.25, 0.3) is 11.3 Å². The second-order valence-corrected chi connectivity index (χ2v) is 7.34. The van der Waals surface area contributed by atoms with E-state index >= 15 is 0 Å². The molecule has 0 fully saturated rings. The third-order valence-electron chi connectivity index (χ3n) is 5.11. The van der Waals surface area contributed by atoms with Crippen LogP contribution in [0.4, 0.5) is 0 Å². The Kier molecular flexibility index (Phi) is 4.44. The van der Waals surface area contributed by atoms with E-state index in [0.717, 1.165) is 29.8 Å². The molecule has 0 bridgehead atoms. The fourth-order valence-electron chi connectivity index (χ4n) is 3.77. The van der Waals surface area contributed by atoms with Crippen LogP contribution < -0.4 is 0 Å². The normalized spacial score (nSPS) is 20.0. The average molecular weight is 322 g/mol. The van der Waals surface area contributed by atoms with Gasteiger partial charge in [-0.25, -0.2) is 0 Å². The van der Waals surface area contributed by atoms with Gasteiger partial charge in [-0.05, 0) is 31.6 Å². The smallest absolute Gasteiger partial charge is 0.267 e. The quantitative estimate of drug-likeness (QED) is 0.709. The van der Waals surface area contributed by atoms with Crippen LogP contribution in [0.3, 0.4) is 0 Å². The number of carbonyl (C=O) groups is 1. The van der Waals surface area contributed by atoms with E-state index < -0.39 is 0 Å². The van der Waals surface area contributed by atoms with Crippen molar-refractivity contribution in [2.45, 2.75) is 52.4 Å². The molecule has 126 valence electrons. The van der Waals surface area contributed by atoms with Gasteiger partial charge in [-0.2, -0.15) is 9.78 Å². The molecule has 3 heteroatoms. The fraction of sp³-hybridized carbons (Fsp3) is 0.429. The van der Waals surface area contributed by atoms with Gasteiger partial charge in [0.2, 0.25) is 0 Å². The summed E-state index contributed by atoms with van der Waals surface area (Å²) in [6.07, 6.45) is 2.28. The molecule has 3 rings (SSSR count). The van der Waals surface area contributed by atoms with Crippen molar-refractivity contribution in [3.8, 4) is 11.3 Å². The van der Waals surface area contributed by atoms with E-state index in [4.69, 9.17) is 5.10 Å². The van der Waals surface area contributed by atoms with Gasteiger partial charge in [0.25, 0.3) is 5.91 Å². The van der Waals surface area contributed by atoms with Gasteiger partial charge < -0.3 is 0 Å². The molecule has 1 aliphatic rings. The summed E-state index contributed by atoms with van der Waals surface area (Å²) in [5.41, 5.74) is 4.88. The highest BCUT2D eigenvalue weighted by Crippen LogP contribution is 2.45. The largest absolute Gasteiger partial charge is 0.273 e. The molecule has 3 nitrogen and oxygen atoms in total. The van der Waals surface area contributed by atoms with E-state index in [0.29, 0.717) is 23.3 Å². The molecular formula is C21H26N2O. The number of carbonyl (C=O) groups excluding carboxylic acids is 1. The third kappa shape index (κ3) is 2.72. The van der Waals surface area contributed by atoms with Crippen molar-refractivity contribution in [1.82, 2.24) is 9.78 Å². The van der Waals surface area contributed by atoms with Crippen molar-refractivity contribution in [3.05, 3.63) is 53.7 Å². The molecule has 0 spiro atoms. The lowest BCUT2D eigenvalue weighted by molar-refractivity contribution is 0.0942. The number of fused-ring (bicyclic) bond motifs is 1. The summed E-state index contributed by atoms with van der Waals surface area (Å²) in [6.45, 7) is 12.3. The highest BCUT2D eigenvalue weighted by atomic mass is 16.2. The van der Waals surface area contributed by atoms with E-state index in [1.54, 1.807) is 11.6 Å². The van der Waals surface area contributed by atoms with Crippen molar-refractivity contribution in [2.24, 2.45) is 5.92 Å². The summed E-state index contributed by atoms with van der Waals surface area (Å²) in [4.78, 5) is 12.7. The molecule has 1 aromatic heterocycles. The number of rotatable bonds is 3. The van der Waals surface area contributed by atoms with Gasteiger partial charge in [0.15, 0.2) is 0 Å². The number of hydrogen-bond donors (Lipinski definition) is 0. The van der Waals surface area contributed by atoms with E-state index in [1.807, 2.05) is 18.2 Å². The van der Waals surface area contributed by atoms with Gasteiger partial charge in [0.05, 0.1) is 11.4 Å². The van der Waals surface area contributed by atoms with E-state index in [-0.39, 0.29) is 5.91 Å². The average Bonchev–Trinajstić information content (AvgIpc) is 2.95. The zero-order valence-electron chi connectivity index (χ0n) is 15.0. The Balaban J connectivity index is 2.29. The summed E-state index contributed by atoms with van der Waals surface area (Å²) in [6, 6.07) is 10.1. The lowest BCUT2D eigenvalue weighted by atomic mass is 9.75. The number of hydrogen-bond acceptors (Lipinski definition) is 2. The Hall–Kier alpha value is -2.16. The van der Waals surface area contributed by atoms with Crippen molar-refractivity contribution < 1.29 is 4.79 Å². The van der Waals surface area contributed by atoms with Crippen molar-refractivity contribution in [1.29, 1.82) is 0 Å². The van der Waals surface area contributed by atoms with Gasteiger partial charge in [-0.3, -0.25) is 4.79 Å². The Morgan fingerprint density at radius 2 is 1.92 bits per heavy atom. The predicted octanol–water partition coefficient (Wildman–Crippen LogP) is 5.40. The minimum Gasteiger partial charge on any atom is -0.267 e. The van der Waals surface area contributed by atoms with Gasteiger partial charge in [-0.1, -0.05) is 57.7 Å². The minimum absolute atomic E-state index is 0.113. The number of aromatic nitrogens is 2. The maximum Gasteiger partial charge on any atom is 0.273 e. The first kappa shape index (κ1) is 16.7. The van der Waals surface area contributed by atoms with Crippen LogP contribution in [-0.4, -0.2) is 15.7 Å². The van der Waals surface area contributed by atoms with Crippen LogP contribution in [-0.2, 0) is 0 Å². The van der Waals surface area contributed by atoms with Crippen LogP contribution in [0.1, 0.15) is 68.4 Å². The van der Waals surface area contributed by atoms with Crippen LogP contribution >= 0.6 is 0 Å². The van der Waals surface area contributed by atoms with Crippen LogP contribution in [0.15, 0.2) is 42.5 Å². The topological polar surface area (TPSA) is 34.9 Å². The van der Waals surface area contributed by atoms with Gasteiger partial charge >= 0.3 is 0 Å². The van der Waals surface area contributed by atoms with E-state index in [9.17, 15) is 4.79 Å². The van der Waals surface area contributed by atoms with Gasteiger partial charge in [-0.15, -0.1) is 0 Å². The van der Waals surface area contributed by atoms with Crippen LogP contribution in [0.2, 0.25) is 0 Å². The molecule has 24 heavy (non-hydrogen) atoms. The monoisotopic (exact) mass is 322 g/mol. The summed E-state index contributed by atoms with van der Waals surface area (Å²) in [5, 5.41) is 4.81. The Labute approximate surface area is 144 Å². The molecule has 1 heterocycles. The third-order valence-corrected chi connectivity index (χ3v) is 5.11. The second-order valence-electron chi connectivity index (χ2n) is 7.34. The molecule has 2 atom stereocenters. The molecule has 0 saturated heterocycles. The number of benzene rings is 1. The van der Waals surface area contributed by atoms with E-state index in [2.05, 4.69) is 39.5 Å². The summed E-state index contributed by atoms with van der Waals surface area (Å²) in [7, 11) is 0. The standard InChI is InChI=1S/C21H26N2O/c1-13(2)17-12-11-15(5)18-19(17)22-23(21(24)14(3)4)20(18)16-9-7-6-8-10-16/h6-10,13,15,17H,3,11-12H2,1-2,4-5H3/t15-,17+/m1/s1. The molecule has 0 unspecified atom stereocenters. The Morgan fingerprint density at radius 1 is 1.25 bits per heavy atom. The molecule has 1 aromatic carbocycles. The molecule has 1 aliphatic carbocycles. The molecule has 0 saturated carbocycles. The molecule has 0 amide bonds. The maximum absolute atomic E-state index is 12.7. The Bertz CT molecular complexity index is 771. The van der Waals surface area contributed by atoms with Crippen molar-refractivity contribution >= 4 is 5.91 Å². The first-order valence-corrected chi connectivity index (χ1v) is 8.80. The lowest BCUT2D eigenvalue weighted by Gasteiger charge is -2.28. The first-order chi connectivity index (χ1) is 11.4. The van der Waals surface area contributed by atoms with Gasteiger partial charge in [0, 0.05) is 22.6 Å². The first-order valence-electron chi connectivity index (χ1n) is 8.80. The van der Waals surface area contributed by atoms with Crippen LogP contribution in [0, 0.1) is 5.92 Å². The molecular weight excluding hydrogens is 296 g/mol. The number of allylic oxidation sites excluding steroid dienone is 1. The lowest BCUT2D eigenvalue weighted by Crippen LogP contribution is -2.17. The highest BCUT2D eigenvalue weighted by molar-refractivity contribution is 5.96. The zero-order chi connectivity index (χ0) is 17.4. The predicted molar refractivity (Wildman–Crippen MR) is 98.3 cm³/mol. The van der Waals surface area contributed by atoms with Crippen molar-refractivity contribution in [2.75, 3.05) is 0 Å². The molecule has 0 N–H and O–H groups in total. The molecule has 2 aromatic rings.